The second kappa shape index (κ2) is 7.90. The van der Waals surface area contributed by atoms with E-state index in [0.717, 1.165) is 5.56 Å². The van der Waals surface area contributed by atoms with Crippen molar-refractivity contribution in [2.24, 2.45) is 0 Å². The van der Waals surface area contributed by atoms with Crippen molar-refractivity contribution in [3.63, 3.8) is 0 Å². The van der Waals surface area contributed by atoms with Gasteiger partial charge >= 0.3 is 0 Å². The van der Waals surface area contributed by atoms with Crippen LogP contribution in [0.1, 0.15) is 5.89 Å². The van der Waals surface area contributed by atoms with Gasteiger partial charge in [-0.15, -0.1) is 0 Å². The van der Waals surface area contributed by atoms with Gasteiger partial charge in [0.1, 0.15) is 5.82 Å². The fraction of sp³-hybridized carbons (Fsp3) is 0.0625. The number of nitrogens with one attached hydrogen (secondary N) is 2. The highest BCUT2D eigenvalue weighted by Gasteiger charge is 2.10. The van der Waals surface area contributed by atoms with Gasteiger partial charge in [-0.25, -0.2) is 4.39 Å². The summed E-state index contributed by atoms with van der Waals surface area (Å²) < 4.78 is 19.6. The molecule has 0 amide bonds. The van der Waals surface area contributed by atoms with Crippen molar-refractivity contribution in [1.29, 1.82) is 0 Å². The fourth-order valence-electron chi connectivity index (χ4n) is 1.98. The Morgan fingerprint density at radius 1 is 1.28 bits per heavy atom. The number of benzene rings is 2. The lowest BCUT2D eigenvalue weighted by molar-refractivity contribution is 0.376. The average molecular weight is 442 g/mol. The molecule has 0 spiro atoms. The zero-order valence-corrected chi connectivity index (χ0v) is 15.8. The lowest BCUT2D eigenvalue weighted by Crippen LogP contribution is -2.28. The monoisotopic (exact) mass is 440 g/mol. The molecule has 0 radical (unpaired) electrons. The van der Waals surface area contributed by atoms with Crippen LogP contribution in [0.5, 0.6) is 0 Å². The maximum absolute atomic E-state index is 13.8. The Bertz CT molecular complexity index is 921. The van der Waals surface area contributed by atoms with Gasteiger partial charge in [0.2, 0.25) is 11.7 Å². The minimum Gasteiger partial charge on any atom is -0.353 e. The van der Waals surface area contributed by atoms with E-state index in [4.69, 9.17) is 28.3 Å². The van der Waals surface area contributed by atoms with Crippen LogP contribution in [0.2, 0.25) is 5.02 Å². The highest BCUT2D eigenvalue weighted by Crippen LogP contribution is 2.20. The van der Waals surface area contributed by atoms with Crippen molar-refractivity contribution >= 4 is 50.5 Å². The molecule has 9 heteroatoms. The molecule has 2 N–H and O–H groups in total. The number of halogens is 3. The second-order valence-corrected chi connectivity index (χ2v) is 6.71. The van der Waals surface area contributed by atoms with Crippen LogP contribution in [0.4, 0.5) is 10.1 Å². The van der Waals surface area contributed by atoms with Gasteiger partial charge < -0.3 is 15.2 Å². The molecule has 25 heavy (non-hydrogen) atoms. The number of aromatic nitrogens is 2. The Hall–Kier alpha value is -2.03. The van der Waals surface area contributed by atoms with E-state index in [2.05, 4.69) is 36.7 Å². The van der Waals surface area contributed by atoms with Gasteiger partial charge in [-0.1, -0.05) is 44.8 Å². The van der Waals surface area contributed by atoms with Crippen LogP contribution in [-0.4, -0.2) is 15.3 Å². The third-order valence-electron chi connectivity index (χ3n) is 3.13. The molecule has 0 aliphatic rings. The minimum atomic E-state index is -0.417. The zero-order valence-electron chi connectivity index (χ0n) is 12.6. The lowest BCUT2D eigenvalue weighted by Gasteiger charge is -2.09. The number of rotatable bonds is 4. The van der Waals surface area contributed by atoms with Crippen molar-refractivity contribution in [1.82, 2.24) is 15.5 Å². The first-order chi connectivity index (χ1) is 12.0. The summed E-state index contributed by atoms with van der Waals surface area (Å²) in [7, 11) is 0. The van der Waals surface area contributed by atoms with Crippen LogP contribution >= 0.6 is 39.7 Å². The first-order valence-electron chi connectivity index (χ1n) is 7.10. The van der Waals surface area contributed by atoms with Crippen LogP contribution < -0.4 is 10.6 Å². The maximum atomic E-state index is 13.8. The summed E-state index contributed by atoms with van der Waals surface area (Å²) in [4.78, 5) is 4.26. The standard InChI is InChI=1S/C16H11BrClFN4OS/c17-10-4-5-13(12(19)7-10)21-16(25)20-8-14-22-15(23-24-14)9-2-1-3-11(18)6-9/h1-7H,8H2,(H2,20,21,25). The largest absolute Gasteiger partial charge is 0.353 e. The van der Waals surface area contributed by atoms with Crippen LogP contribution in [0.15, 0.2) is 51.5 Å². The predicted molar refractivity (Wildman–Crippen MR) is 102 cm³/mol. The predicted octanol–water partition coefficient (Wildman–Crippen LogP) is 4.78. The molecule has 1 heterocycles. The van der Waals surface area contributed by atoms with E-state index in [9.17, 15) is 4.39 Å². The molecule has 128 valence electrons. The summed E-state index contributed by atoms with van der Waals surface area (Å²) in [5, 5.41) is 10.4. The topological polar surface area (TPSA) is 63.0 Å². The fourth-order valence-corrected chi connectivity index (χ4v) is 2.69. The number of hydrogen-bond donors (Lipinski definition) is 2. The van der Waals surface area contributed by atoms with Crippen molar-refractivity contribution in [2.45, 2.75) is 6.54 Å². The van der Waals surface area contributed by atoms with E-state index in [1.165, 1.54) is 6.07 Å². The highest BCUT2D eigenvalue weighted by molar-refractivity contribution is 9.10. The molecule has 3 rings (SSSR count). The quantitative estimate of drug-likeness (QED) is 0.568. The molecule has 0 saturated heterocycles. The summed E-state index contributed by atoms with van der Waals surface area (Å²) in [6.07, 6.45) is 0. The Morgan fingerprint density at radius 2 is 2.12 bits per heavy atom. The van der Waals surface area contributed by atoms with Gasteiger partial charge in [0.05, 0.1) is 12.2 Å². The number of thiocarbonyl (C=S) groups is 1. The lowest BCUT2D eigenvalue weighted by atomic mass is 10.2. The molecule has 0 bridgehead atoms. The second-order valence-electron chi connectivity index (χ2n) is 4.95. The van der Waals surface area contributed by atoms with Gasteiger partial charge in [0.25, 0.3) is 0 Å². The Morgan fingerprint density at radius 3 is 2.88 bits per heavy atom. The molecule has 3 aromatic rings. The van der Waals surface area contributed by atoms with Crippen molar-refractivity contribution in [2.75, 3.05) is 5.32 Å². The Balaban J connectivity index is 1.59. The molecule has 0 aliphatic carbocycles. The van der Waals surface area contributed by atoms with Gasteiger partial charge in [-0.3, -0.25) is 0 Å². The van der Waals surface area contributed by atoms with Crippen LogP contribution in [-0.2, 0) is 6.54 Å². The molecule has 0 atom stereocenters. The van der Waals surface area contributed by atoms with Crippen LogP contribution in [0, 0.1) is 5.82 Å². The number of anilines is 1. The third kappa shape index (κ3) is 4.75. The SMILES string of the molecule is Fc1cc(Br)ccc1NC(=S)NCc1nc(-c2cccc(Cl)c2)no1. The van der Waals surface area contributed by atoms with Crippen LogP contribution in [0.25, 0.3) is 11.4 Å². The molecule has 1 aromatic heterocycles. The van der Waals surface area contributed by atoms with E-state index in [0.29, 0.717) is 21.2 Å². The Labute approximate surface area is 161 Å². The summed E-state index contributed by atoms with van der Waals surface area (Å²) in [5.74, 6) is 0.354. The summed E-state index contributed by atoms with van der Waals surface area (Å²) >= 11 is 14.3. The van der Waals surface area contributed by atoms with Gasteiger partial charge in [0.15, 0.2) is 5.11 Å². The highest BCUT2D eigenvalue weighted by atomic mass is 79.9. The number of hydrogen-bond acceptors (Lipinski definition) is 4. The van der Waals surface area contributed by atoms with Crippen LogP contribution in [0.3, 0.4) is 0 Å². The number of nitrogens with zero attached hydrogens (tertiary/aromatic N) is 2. The van der Waals surface area contributed by atoms with E-state index < -0.39 is 5.82 Å². The summed E-state index contributed by atoms with van der Waals surface area (Å²) in [6.45, 7) is 0.206. The van der Waals surface area contributed by atoms with Gasteiger partial charge in [0, 0.05) is 15.1 Å². The van der Waals surface area contributed by atoms with Crippen molar-refractivity contribution in [3.8, 4) is 11.4 Å². The molecular weight excluding hydrogens is 431 g/mol. The molecule has 2 aromatic carbocycles. The molecule has 5 nitrogen and oxygen atoms in total. The van der Waals surface area contributed by atoms with Gasteiger partial charge in [-0.2, -0.15) is 4.98 Å². The molecule has 0 fully saturated rings. The van der Waals surface area contributed by atoms with Crippen molar-refractivity contribution in [3.05, 3.63) is 63.7 Å². The average Bonchev–Trinajstić information content (AvgIpc) is 3.05. The molecular formula is C16H11BrClFN4OS. The zero-order chi connectivity index (χ0) is 17.8. The normalized spacial score (nSPS) is 10.5. The molecule has 0 aliphatic heterocycles. The Kier molecular flexibility index (Phi) is 5.62. The maximum Gasteiger partial charge on any atom is 0.246 e. The summed E-state index contributed by atoms with van der Waals surface area (Å²) in [5.41, 5.74) is 1.02. The van der Waals surface area contributed by atoms with E-state index >= 15 is 0 Å². The van der Waals surface area contributed by atoms with Crippen molar-refractivity contribution < 1.29 is 8.91 Å². The first-order valence-corrected chi connectivity index (χ1v) is 8.67. The summed E-state index contributed by atoms with van der Waals surface area (Å²) in [6, 6.07) is 11.8. The van der Waals surface area contributed by atoms with E-state index in [-0.39, 0.29) is 17.3 Å². The third-order valence-corrected chi connectivity index (χ3v) is 4.11. The van der Waals surface area contributed by atoms with Gasteiger partial charge in [-0.05, 0) is 42.5 Å². The first kappa shape index (κ1) is 17.8. The molecule has 0 unspecified atom stereocenters. The van der Waals surface area contributed by atoms with E-state index in [1.54, 1.807) is 30.3 Å². The van der Waals surface area contributed by atoms with E-state index in [1.807, 2.05) is 6.07 Å². The molecule has 0 saturated carbocycles. The smallest absolute Gasteiger partial charge is 0.246 e. The minimum absolute atomic E-state index is 0.206.